The Morgan fingerprint density at radius 2 is 2.05 bits per heavy atom. The molecule has 1 atom stereocenters. The maximum atomic E-state index is 11.9. The molecule has 0 unspecified atom stereocenters. The SMILES string of the molecule is CCN(CC)CC[C@@H](CO)NC(=O)Nc1nc(C)c(C)s1. The molecule has 0 saturated heterocycles. The zero-order valence-electron chi connectivity index (χ0n) is 13.3. The molecule has 1 aromatic heterocycles. The number of rotatable bonds is 8. The van der Waals surface area contributed by atoms with Gasteiger partial charge >= 0.3 is 6.03 Å². The Labute approximate surface area is 130 Å². The van der Waals surface area contributed by atoms with Crippen molar-refractivity contribution in [1.82, 2.24) is 15.2 Å². The lowest BCUT2D eigenvalue weighted by molar-refractivity contribution is 0.206. The van der Waals surface area contributed by atoms with Gasteiger partial charge in [0.25, 0.3) is 0 Å². The normalized spacial score (nSPS) is 12.5. The fourth-order valence-corrected chi connectivity index (χ4v) is 2.74. The number of hydrogen-bond acceptors (Lipinski definition) is 5. The molecule has 0 fully saturated rings. The summed E-state index contributed by atoms with van der Waals surface area (Å²) in [5, 5.41) is 15.5. The Balaban J connectivity index is 2.43. The van der Waals surface area contributed by atoms with E-state index in [0.29, 0.717) is 5.13 Å². The first kappa shape index (κ1) is 17.9. The minimum atomic E-state index is -0.317. The van der Waals surface area contributed by atoms with Crippen molar-refractivity contribution in [3.05, 3.63) is 10.6 Å². The first-order chi connectivity index (χ1) is 9.99. The zero-order chi connectivity index (χ0) is 15.8. The highest BCUT2D eigenvalue weighted by Gasteiger charge is 2.14. The van der Waals surface area contributed by atoms with E-state index >= 15 is 0 Å². The summed E-state index contributed by atoms with van der Waals surface area (Å²) in [6, 6.07) is -0.560. The molecule has 0 aliphatic rings. The Morgan fingerprint density at radius 1 is 1.38 bits per heavy atom. The molecule has 1 rings (SSSR count). The minimum absolute atomic E-state index is 0.0649. The Kier molecular flexibility index (Phi) is 7.63. The van der Waals surface area contributed by atoms with Gasteiger partial charge < -0.3 is 15.3 Å². The van der Waals surface area contributed by atoms with Crippen LogP contribution in [0.3, 0.4) is 0 Å². The summed E-state index contributed by atoms with van der Waals surface area (Å²) in [5.41, 5.74) is 0.926. The third-order valence-electron chi connectivity index (χ3n) is 3.49. The molecule has 120 valence electrons. The molecule has 3 N–H and O–H groups in total. The van der Waals surface area contributed by atoms with Gasteiger partial charge in [0.2, 0.25) is 0 Å². The van der Waals surface area contributed by atoms with E-state index in [1.54, 1.807) is 0 Å². The first-order valence-corrected chi connectivity index (χ1v) is 8.16. The van der Waals surface area contributed by atoms with Crippen LogP contribution in [0.1, 0.15) is 30.8 Å². The summed E-state index contributed by atoms with van der Waals surface area (Å²) in [5.74, 6) is 0. The molecule has 21 heavy (non-hydrogen) atoms. The van der Waals surface area contributed by atoms with Crippen molar-refractivity contribution in [2.24, 2.45) is 0 Å². The van der Waals surface area contributed by atoms with Gasteiger partial charge in [-0.3, -0.25) is 5.32 Å². The van der Waals surface area contributed by atoms with E-state index in [1.165, 1.54) is 11.3 Å². The number of carbonyl (C=O) groups excluding carboxylic acids is 1. The number of aryl methyl sites for hydroxylation is 2. The van der Waals surface area contributed by atoms with Gasteiger partial charge in [-0.05, 0) is 33.4 Å². The highest BCUT2D eigenvalue weighted by molar-refractivity contribution is 7.15. The quantitative estimate of drug-likeness (QED) is 0.685. The van der Waals surface area contributed by atoms with Crippen molar-refractivity contribution in [3.8, 4) is 0 Å². The van der Waals surface area contributed by atoms with Gasteiger partial charge in [-0.15, -0.1) is 11.3 Å². The summed E-state index contributed by atoms with van der Waals surface area (Å²) in [4.78, 5) is 19.5. The lowest BCUT2D eigenvalue weighted by atomic mass is 10.2. The second kappa shape index (κ2) is 8.96. The molecule has 0 aromatic carbocycles. The number of carbonyl (C=O) groups is 1. The Bertz CT molecular complexity index is 427. The first-order valence-electron chi connectivity index (χ1n) is 7.34. The van der Waals surface area contributed by atoms with Gasteiger partial charge in [0, 0.05) is 11.4 Å². The monoisotopic (exact) mass is 314 g/mol. The molecule has 0 bridgehead atoms. The predicted molar refractivity (Wildman–Crippen MR) is 87.0 cm³/mol. The smallest absolute Gasteiger partial charge is 0.321 e. The van der Waals surface area contributed by atoms with E-state index in [0.717, 1.165) is 36.6 Å². The van der Waals surface area contributed by atoms with Gasteiger partial charge in [0.15, 0.2) is 5.13 Å². The summed E-state index contributed by atoms with van der Waals surface area (Å²) in [6.45, 7) is 10.8. The van der Waals surface area contributed by atoms with Gasteiger partial charge in [-0.1, -0.05) is 13.8 Å². The van der Waals surface area contributed by atoms with Crippen LogP contribution in [0.2, 0.25) is 0 Å². The maximum absolute atomic E-state index is 11.9. The second-order valence-corrected chi connectivity index (χ2v) is 6.16. The van der Waals surface area contributed by atoms with Crippen LogP contribution in [0, 0.1) is 13.8 Å². The van der Waals surface area contributed by atoms with Gasteiger partial charge in [-0.2, -0.15) is 0 Å². The summed E-state index contributed by atoms with van der Waals surface area (Å²) in [7, 11) is 0. The van der Waals surface area contributed by atoms with Crippen LogP contribution in [-0.2, 0) is 0 Å². The number of thiazole rings is 1. The summed E-state index contributed by atoms with van der Waals surface area (Å²) in [6.07, 6.45) is 0.724. The van der Waals surface area contributed by atoms with Crippen molar-refractivity contribution in [2.45, 2.75) is 40.2 Å². The highest BCUT2D eigenvalue weighted by Crippen LogP contribution is 2.20. The van der Waals surface area contributed by atoms with Gasteiger partial charge in [-0.25, -0.2) is 9.78 Å². The molecule has 2 amide bonds. The number of urea groups is 1. The fraction of sp³-hybridized carbons (Fsp3) is 0.714. The number of aromatic nitrogens is 1. The summed E-state index contributed by atoms with van der Waals surface area (Å²) < 4.78 is 0. The van der Waals surface area contributed by atoms with E-state index < -0.39 is 0 Å². The van der Waals surface area contributed by atoms with Gasteiger partial charge in [0.05, 0.1) is 18.3 Å². The second-order valence-electron chi connectivity index (χ2n) is 4.95. The third-order valence-corrected chi connectivity index (χ3v) is 4.48. The molecule has 0 aliphatic carbocycles. The Hall–Kier alpha value is -1.18. The third kappa shape index (κ3) is 5.99. The van der Waals surface area contributed by atoms with Crippen LogP contribution >= 0.6 is 11.3 Å². The molecule has 7 heteroatoms. The fourth-order valence-electron chi connectivity index (χ4n) is 1.93. The number of nitrogens with zero attached hydrogens (tertiary/aromatic N) is 2. The van der Waals surface area contributed by atoms with Crippen molar-refractivity contribution in [3.63, 3.8) is 0 Å². The largest absolute Gasteiger partial charge is 0.394 e. The molecular weight excluding hydrogens is 288 g/mol. The summed E-state index contributed by atoms with van der Waals surface area (Å²) >= 11 is 1.45. The van der Waals surface area contributed by atoms with E-state index in [2.05, 4.69) is 34.4 Å². The molecule has 0 spiro atoms. The van der Waals surface area contributed by atoms with Crippen molar-refractivity contribution < 1.29 is 9.90 Å². The van der Waals surface area contributed by atoms with E-state index in [1.807, 2.05) is 13.8 Å². The van der Waals surface area contributed by atoms with Crippen LogP contribution in [0.5, 0.6) is 0 Å². The van der Waals surface area contributed by atoms with Crippen molar-refractivity contribution in [2.75, 3.05) is 31.6 Å². The molecule has 0 radical (unpaired) electrons. The van der Waals surface area contributed by atoms with Gasteiger partial charge in [0.1, 0.15) is 0 Å². The van der Waals surface area contributed by atoms with Crippen LogP contribution in [0.15, 0.2) is 0 Å². The highest BCUT2D eigenvalue weighted by atomic mass is 32.1. The lowest BCUT2D eigenvalue weighted by Crippen LogP contribution is -2.42. The van der Waals surface area contributed by atoms with E-state index in [9.17, 15) is 9.90 Å². The van der Waals surface area contributed by atoms with Crippen LogP contribution in [-0.4, -0.2) is 53.3 Å². The van der Waals surface area contributed by atoms with Crippen LogP contribution in [0.4, 0.5) is 9.93 Å². The molecule has 1 heterocycles. The zero-order valence-corrected chi connectivity index (χ0v) is 14.1. The molecule has 6 nitrogen and oxygen atoms in total. The Morgan fingerprint density at radius 3 is 2.52 bits per heavy atom. The number of hydrogen-bond donors (Lipinski definition) is 3. The van der Waals surface area contributed by atoms with E-state index in [-0.39, 0.29) is 18.7 Å². The standard InChI is InChI=1S/C14H26N4O2S/c1-5-18(6-2)8-7-12(9-19)16-13(20)17-14-15-10(3)11(4)21-14/h12,19H,5-9H2,1-4H3,(H2,15,16,17,20)/t12-/m0/s1. The predicted octanol–water partition coefficient (Wildman–Crippen LogP) is 1.97. The minimum Gasteiger partial charge on any atom is -0.394 e. The van der Waals surface area contributed by atoms with Crippen LogP contribution < -0.4 is 10.6 Å². The molecular formula is C14H26N4O2S. The average molecular weight is 314 g/mol. The number of amides is 2. The number of aliphatic hydroxyl groups is 1. The number of anilines is 1. The topological polar surface area (TPSA) is 77.5 Å². The molecule has 0 aliphatic heterocycles. The average Bonchev–Trinajstić information content (AvgIpc) is 2.76. The maximum Gasteiger partial charge on any atom is 0.321 e. The van der Waals surface area contributed by atoms with Crippen molar-refractivity contribution in [1.29, 1.82) is 0 Å². The number of aliphatic hydroxyl groups excluding tert-OH is 1. The lowest BCUT2D eigenvalue weighted by Gasteiger charge is -2.22. The molecule has 1 aromatic rings. The van der Waals surface area contributed by atoms with Crippen molar-refractivity contribution >= 4 is 22.5 Å². The molecule has 0 saturated carbocycles. The number of nitrogens with one attached hydrogen (secondary N) is 2. The van der Waals surface area contributed by atoms with Crippen LogP contribution in [0.25, 0.3) is 0 Å². The van der Waals surface area contributed by atoms with E-state index in [4.69, 9.17) is 0 Å².